The third-order valence-electron chi connectivity index (χ3n) is 3.53. The summed E-state index contributed by atoms with van der Waals surface area (Å²) in [6.07, 6.45) is 4.64. The zero-order chi connectivity index (χ0) is 15.2. The van der Waals surface area contributed by atoms with E-state index in [4.69, 9.17) is 4.74 Å². The fourth-order valence-electron chi connectivity index (χ4n) is 2.43. The summed E-state index contributed by atoms with van der Waals surface area (Å²) in [6.45, 7) is 2.16. The van der Waals surface area contributed by atoms with Crippen LogP contribution in [0.1, 0.15) is 24.9 Å². The van der Waals surface area contributed by atoms with Gasteiger partial charge in [-0.1, -0.05) is 25.1 Å². The summed E-state index contributed by atoms with van der Waals surface area (Å²) in [5.41, 5.74) is 3.31. The molecule has 0 saturated heterocycles. The average molecular weight is 285 g/mol. The van der Waals surface area contributed by atoms with Crippen LogP contribution in [0.5, 0.6) is 5.75 Å². The summed E-state index contributed by atoms with van der Waals surface area (Å²) in [5, 5.41) is 3.59. The number of hydrogen-bond donors (Lipinski definition) is 1. The number of anilines is 2. The first-order valence-corrected chi connectivity index (χ1v) is 7.18. The maximum Gasteiger partial charge on any atom is 0.124 e. The van der Waals surface area contributed by atoms with Gasteiger partial charge in [-0.3, -0.25) is 4.98 Å². The van der Waals surface area contributed by atoms with Crippen LogP contribution in [-0.2, 0) is 0 Å². The number of hydrogen-bond acceptors (Lipinski definition) is 4. The third kappa shape index (κ3) is 3.45. The van der Waals surface area contributed by atoms with Gasteiger partial charge in [0.15, 0.2) is 0 Å². The van der Waals surface area contributed by atoms with E-state index >= 15 is 0 Å². The Morgan fingerprint density at radius 2 is 2.00 bits per heavy atom. The minimum absolute atomic E-state index is 0.184. The number of ether oxygens (including phenoxy) is 1. The second kappa shape index (κ2) is 6.97. The lowest BCUT2D eigenvalue weighted by Crippen LogP contribution is -2.16. The maximum absolute atomic E-state index is 5.48. The Morgan fingerprint density at radius 1 is 1.24 bits per heavy atom. The topological polar surface area (TPSA) is 37.4 Å². The molecule has 112 valence electrons. The molecule has 0 aliphatic carbocycles. The molecule has 2 aromatic rings. The fraction of sp³-hybridized carbons (Fsp3) is 0.353. The van der Waals surface area contributed by atoms with Gasteiger partial charge in [0.2, 0.25) is 0 Å². The lowest BCUT2D eigenvalue weighted by Gasteiger charge is -2.24. The number of methoxy groups -OCH3 is 1. The van der Waals surface area contributed by atoms with Crippen LogP contribution in [0.15, 0.2) is 42.7 Å². The van der Waals surface area contributed by atoms with Crippen molar-refractivity contribution in [3.05, 3.63) is 48.3 Å². The monoisotopic (exact) mass is 285 g/mol. The van der Waals surface area contributed by atoms with Crippen LogP contribution in [0.4, 0.5) is 11.4 Å². The Kier molecular flexibility index (Phi) is 5.04. The van der Waals surface area contributed by atoms with Gasteiger partial charge in [0.25, 0.3) is 0 Å². The Balaban J connectivity index is 2.32. The molecule has 21 heavy (non-hydrogen) atoms. The van der Waals surface area contributed by atoms with E-state index < -0.39 is 0 Å². The van der Waals surface area contributed by atoms with Gasteiger partial charge in [0.05, 0.1) is 30.7 Å². The maximum atomic E-state index is 5.48. The van der Waals surface area contributed by atoms with Gasteiger partial charge in [-0.15, -0.1) is 0 Å². The summed E-state index contributed by atoms with van der Waals surface area (Å²) < 4.78 is 5.48. The van der Waals surface area contributed by atoms with Crippen molar-refractivity contribution < 1.29 is 4.74 Å². The first-order chi connectivity index (χ1) is 10.2. The quantitative estimate of drug-likeness (QED) is 0.877. The molecule has 1 atom stereocenters. The van der Waals surface area contributed by atoms with Gasteiger partial charge < -0.3 is 15.0 Å². The fourth-order valence-corrected chi connectivity index (χ4v) is 2.43. The molecule has 4 nitrogen and oxygen atoms in total. The molecule has 0 fully saturated rings. The molecule has 0 radical (unpaired) electrons. The van der Waals surface area contributed by atoms with Gasteiger partial charge in [-0.25, -0.2) is 0 Å². The third-order valence-corrected chi connectivity index (χ3v) is 3.53. The number of aromatic nitrogens is 1. The van der Waals surface area contributed by atoms with Gasteiger partial charge in [-0.2, -0.15) is 0 Å². The molecule has 0 amide bonds. The van der Waals surface area contributed by atoms with Gasteiger partial charge in [0.1, 0.15) is 5.75 Å². The van der Waals surface area contributed by atoms with Crippen LogP contribution in [-0.4, -0.2) is 26.2 Å². The van der Waals surface area contributed by atoms with Crippen LogP contribution in [0.2, 0.25) is 0 Å². The molecule has 1 aromatic heterocycles. The molecular weight excluding hydrogens is 262 g/mol. The van der Waals surface area contributed by atoms with E-state index in [1.807, 2.05) is 50.8 Å². The highest BCUT2D eigenvalue weighted by Crippen LogP contribution is 2.32. The first-order valence-electron chi connectivity index (χ1n) is 7.18. The van der Waals surface area contributed by atoms with Crippen molar-refractivity contribution >= 4 is 11.4 Å². The van der Waals surface area contributed by atoms with Gasteiger partial charge in [-0.05, 0) is 18.6 Å². The van der Waals surface area contributed by atoms with Crippen LogP contribution < -0.4 is 15.0 Å². The van der Waals surface area contributed by atoms with Gasteiger partial charge in [0, 0.05) is 25.9 Å². The van der Waals surface area contributed by atoms with Crippen LogP contribution in [0, 0.1) is 0 Å². The molecule has 4 heteroatoms. The highest BCUT2D eigenvalue weighted by Gasteiger charge is 2.15. The molecule has 1 heterocycles. The van der Waals surface area contributed by atoms with Gasteiger partial charge >= 0.3 is 0 Å². The number of para-hydroxylation sites is 1. The summed E-state index contributed by atoms with van der Waals surface area (Å²) in [5.74, 6) is 0.909. The van der Waals surface area contributed by atoms with Crippen molar-refractivity contribution in [1.29, 1.82) is 0 Å². The smallest absolute Gasteiger partial charge is 0.124 e. The molecule has 0 aliphatic heterocycles. The van der Waals surface area contributed by atoms with E-state index in [1.165, 1.54) is 0 Å². The van der Waals surface area contributed by atoms with Crippen LogP contribution in [0.3, 0.4) is 0 Å². The zero-order valence-corrected chi connectivity index (χ0v) is 13.1. The Labute approximate surface area is 126 Å². The highest BCUT2D eigenvalue weighted by molar-refractivity contribution is 5.68. The minimum atomic E-state index is 0.184. The van der Waals surface area contributed by atoms with Crippen molar-refractivity contribution in [2.24, 2.45) is 0 Å². The minimum Gasteiger partial charge on any atom is -0.496 e. The molecule has 0 aliphatic rings. The lowest BCUT2D eigenvalue weighted by molar-refractivity contribution is 0.406. The Hall–Kier alpha value is -2.23. The van der Waals surface area contributed by atoms with Crippen LogP contribution in [0.25, 0.3) is 0 Å². The van der Waals surface area contributed by atoms with E-state index in [2.05, 4.69) is 28.2 Å². The lowest BCUT2D eigenvalue weighted by atomic mass is 10.0. The van der Waals surface area contributed by atoms with Crippen molar-refractivity contribution in [3.63, 3.8) is 0 Å². The summed E-state index contributed by atoms with van der Waals surface area (Å²) >= 11 is 0. The van der Waals surface area contributed by atoms with Crippen LogP contribution >= 0.6 is 0 Å². The normalized spacial score (nSPS) is 11.8. The summed E-state index contributed by atoms with van der Waals surface area (Å²) in [6, 6.07) is 10.3. The second-order valence-corrected chi connectivity index (χ2v) is 5.13. The molecule has 0 spiro atoms. The molecule has 0 bridgehead atoms. The number of nitrogens with zero attached hydrogens (tertiary/aromatic N) is 2. The molecule has 1 N–H and O–H groups in total. The second-order valence-electron chi connectivity index (χ2n) is 5.13. The molecule has 2 rings (SSSR count). The average Bonchev–Trinajstić information content (AvgIpc) is 2.52. The first kappa shape index (κ1) is 15.2. The standard InChI is InChI=1S/C17H23N3O/c1-5-14(13-8-6-7-9-17(13)21-4)19-15-12-18-11-10-16(15)20(2)3/h6-12,14,19H,5H2,1-4H3. The Morgan fingerprint density at radius 3 is 2.67 bits per heavy atom. The number of rotatable bonds is 6. The van der Waals surface area contributed by atoms with E-state index in [9.17, 15) is 0 Å². The number of benzene rings is 1. The van der Waals surface area contributed by atoms with E-state index in [1.54, 1.807) is 7.11 Å². The van der Waals surface area contributed by atoms with Crippen molar-refractivity contribution in [2.45, 2.75) is 19.4 Å². The summed E-state index contributed by atoms with van der Waals surface area (Å²) in [4.78, 5) is 6.31. The van der Waals surface area contributed by atoms with Crippen molar-refractivity contribution in [2.75, 3.05) is 31.4 Å². The van der Waals surface area contributed by atoms with E-state index in [-0.39, 0.29) is 6.04 Å². The molecular formula is C17H23N3O. The van der Waals surface area contributed by atoms with Crippen molar-refractivity contribution in [1.82, 2.24) is 4.98 Å². The Bertz CT molecular complexity index is 584. The number of nitrogens with one attached hydrogen (secondary N) is 1. The van der Waals surface area contributed by atoms with E-state index in [0.717, 1.165) is 29.1 Å². The molecule has 1 aromatic carbocycles. The predicted molar refractivity (Wildman–Crippen MR) is 88.2 cm³/mol. The highest BCUT2D eigenvalue weighted by atomic mass is 16.5. The van der Waals surface area contributed by atoms with E-state index in [0.29, 0.717) is 0 Å². The number of pyridine rings is 1. The predicted octanol–water partition coefficient (Wildman–Crippen LogP) is 3.72. The molecule has 0 saturated carbocycles. The SMILES string of the molecule is CCC(Nc1cnccc1N(C)C)c1ccccc1OC. The largest absolute Gasteiger partial charge is 0.496 e. The van der Waals surface area contributed by atoms with Crippen molar-refractivity contribution in [3.8, 4) is 5.75 Å². The zero-order valence-electron chi connectivity index (χ0n) is 13.1. The summed E-state index contributed by atoms with van der Waals surface area (Å²) in [7, 11) is 5.77. The molecule has 1 unspecified atom stereocenters.